The van der Waals surface area contributed by atoms with Crippen LogP contribution in [0.5, 0.6) is 0 Å². The Morgan fingerprint density at radius 1 is 1.07 bits per heavy atom. The van der Waals surface area contributed by atoms with Gasteiger partial charge in [0, 0.05) is 36.5 Å². The minimum absolute atomic E-state index is 0.0439. The van der Waals surface area contributed by atoms with E-state index >= 15 is 0 Å². The summed E-state index contributed by atoms with van der Waals surface area (Å²) in [5.74, 6) is -0.948. The predicted molar refractivity (Wildman–Crippen MR) is 106 cm³/mol. The molecule has 144 valence electrons. The van der Waals surface area contributed by atoms with E-state index in [1.54, 1.807) is 17.0 Å². The third kappa shape index (κ3) is 3.83. The van der Waals surface area contributed by atoms with Crippen LogP contribution in [0.25, 0.3) is 10.9 Å². The summed E-state index contributed by atoms with van der Waals surface area (Å²) in [7, 11) is 0. The molecule has 7 heteroatoms. The lowest BCUT2D eigenvalue weighted by Gasteiger charge is -2.32. The van der Waals surface area contributed by atoms with Crippen molar-refractivity contribution in [3.05, 3.63) is 66.1 Å². The lowest BCUT2D eigenvalue weighted by Crippen LogP contribution is -2.47. The molecule has 0 spiro atoms. The summed E-state index contributed by atoms with van der Waals surface area (Å²) in [5.41, 5.74) is 1.74. The summed E-state index contributed by atoms with van der Waals surface area (Å²) < 4.78 is 13.7. The van der Waals surface area contributed by atoms with Crippen LogP contribution in [0.2, 0.25) is 0 Å². The number of aromatic nitrogens is 1. The quantitative estimate of drug-likeness (QED) is 0.647. The van der Waals surface area contributed by atoms with Crippen molar-refractivity contribution in [2.24, 2.45) is 0 Å². The smallest absolute Gasteiger partial charge is 0.321 e. The first-order chi connectivity index (χ1) is 13.6. The molecule has 0 saturated carbocycles. The van der Waals surface area contributed by atoms with Crippen LogP contribution in [0.15, 0.2) is 54.7 Å². The lowest BCUT2D eigenvalue weighted by molar-refractivity contribution is 0.0915. The Balaban J connectivity index is 1.30. The summed E-state index contributed by atoms with van der Waals surface area (Å²) in [5, 5.41) is 6.86. The molecule has 1 aliphatic rings. The monoisotopic (exact) mass is 380 g/mol. The van der Waals surface area contributed by atoms with E-state index in [-0.39, 0.29) is 17.6 Å². The van der Waals surface area contributed by atoms with Crippen molar-refractivity contribution >= 4 is 28.5 Å². The van der Waals surface area contributed by atoms with Crippen LogP contribution in [0.4, 0.5) is 14.9 Å². The Kier molecular flexibility index (Phi) is 4.97. The van der Waals surface area contributed by atoms with Crippen LogP contribution >= 0.6 is 0 Å². The molecule has 0 atom stereocenters. The molecule has 3 amide bonds. The van der Waals surface area contributed by atoms with Crippen molar-refractivity contribution in [3.63, 3.8) is 0 Å². The number of likely N-dealkylation sites (tertiary alicyclic amines) is 1. The number of carbonyl (C=O) groups excluding carboxylic acids is 2. The Labute approximate surface area is 161 Å². The van der Waals surface area contributed by atoms with Crippen molar-refractivity contribution in [1.29, 1.82) is 0 Å². The molecule has 3 aromatic rings. The number of anilines is 1. The molecule has 0 unspecified atom stereocenters. The molecule has 4 rings (SSSR count). The Hall–Kier alpha value is -3.35. The van der Waals surface area contributed by atoms with Crippen LogP contribution in [0, 0.1) is 5.82 Å². The fourth-order valence-electron chi connectivity index (χ4n) is 3.46. The number of rotatable bonds is 3. The Morgan fingerprint density at radius 3 is 2.64 bits per heavy atom. The molecule has 2 heterocycles. The Morgan fingerprint density at radius 2 is 1.86 bits per heavy atom. The third-order valence-corrected chi connectivity index (χ3v) is 5.04. The van der Waals surface area contributed by atoms with Gasteiger partial charge in [0.2, 0.25) is 0 Å². The van der Waals surface area contributed by atoms with Crippen LogP contribution in [0.1, 0.15) is 23.2 Å². The number of aromatic amines is 1. The number of carbonyl (C=O) groups is 2. The van der Waals surface area contributed by atoms with Crippen LogP contribution in [0.3, 0.4) is 0 Å². The second kappa shape index (κ2) is 7.72. The average Bonchev–Trinajstić information content (AvgIpc) is 3.16. The van der Waals surface area contributed by atoms with Crippen molar-refractivity contribution in [3.8, 4) is 0 Å². The number of urea groups is 1. The van der Waals surface area contributed by atoms with Gasteiger partial charge in [-0.15, -0.1) is 0 Å². The van der Waals surface area contributed by atoms with Gasteiger partial charge in [0.15, 0.2) is 0 Å². The number of hydrogen-bond donors (Lipinski definition) is 3. The minimum Gasteiger partial charge on any atom is -0.361 e. The normalized spacial score (nSPS) is 14.8. The third-order valence-electron chi connectivity index (χ3n) is 5.04. The highest BCUT2D eigenvalue weighted by Crippen LogP contribution is 2.19. The highest BCUT2D eigenvalue weighted by Gasteiger charge is 2.25. The van der Waals surface area contributed by atoms with Crippen molar-refractivity contribution in [2.75, 3.05) is 18.4 Å². The van der Waals surface area contributed by atoms with E-state index in [9.17, 15) is 14.0 Å². The van der Waals surface area contributed by atoms with Crippen molar-refractivity contribution in [1.82, 2.24) is 15.2 Å². The van der Waals surface area contributed by atoms with Gasteiger partial charge in [0.25, 0.3) is 5.91 Å². The maximum Gasteiger partial charge on any atom is 0.321 e. The van der Waals surface area contributed by atoms with Gasteiger partial charge in [-0.2, -0.15) is 0 Å². The van der Waals surface area contributed by atoms with E-state index in [4.69, 9.17) is 0 Å². The molecule has 28 heavy (non-hydrogen) atoms. The topological polar surface area (TPSA) is 77.2 Å². The molecule has 1 aromatic heterocycles. The fourth-order valence-corrected chi connectivity index (χ4v) is 3.46. The van der Waals surface area contributed by atoms with E-state index in [1.165, 1.54) is 12.1 Å². The Bertz CT molecular complexity index is 1010. The number of amides is 3. The number of piperidine rings is 1. The summed E-state index contributed by atoms with van der Waals surface area (Å²) in [4.78, 5) is 29.6. The second-order valence-corrected chi connectivity index (χ2v) is 6.92. The molecule has 3 N–H and O–H groups in total. The van der Waals surface area contributed by atoms with Crippen molar-refractivity contribution < 1.29 is 14.0 Å². The molecule has 0 bridgehead atoms. The lowest BCUT2D eigenvalue weighted by atomic mass is 10.0. The first-order valence-electron chi connectivity index (χ1n) is 9.28. The molecular formula is C21H21FN4O2. The first-order valence-corrected chi connectivity index (χ1v) is 9.28. The van der Waals surface area contributed by atoms with Gasteiger partial charge < -0.3 is 20.5 Å². The van der Waals surface area contributed by atoms with Crippen LogP contribution in [-0.2, 0) is 0 Å². The van der Waals surface area contributed by atoms with Gasteiger partial charge in [-0.05, 0) is 48.6 Å². The molecule has 1 saturated heterocycles. The van der Waals surface area contributed by atoms with Gasteiger partial charge >= 0.3 is 6.03 Å². The van der Waals surface area contributed by atoms with Crippen molar-refractivity contribution in [2.45, 2.75) is 18.9 Å². The molecule has 1 fully saturated rings. The molecule has 0 radical (unpaired) electrons. The van der Waals surface area contributed by atoms with Gasteiger partial charge in [0.1, 0.15) is 5.82 Å². The van der Waals surface area contributed by atoms with E-state index < -0.39 is 11.7 Å². The number of nitrogens with one attached hydrogen (secondary N) is 3. The molecular weight excluding hydrogens is 359 g/mol. The van der Waals surface area contributed by atoms with Gasteiger partial charge in [0.05, 0.1) is 5.56 Å². The predicted octanol–water partition coefficient (Wildman–Crippen LogP) is 3.73. The SMILES string of the molecule is O=C(NC1CCN(C(=O)Nc2ccc3cc[nH]c3c2)CC1)c1ccccc1F. The largest absolute Gasteiger partial charge is 0.361 e. The zero-order valence-electron chi connectivity index (χ0n) is 15.2. The molecule has 1 aliphatic heterocycles. The number of benzene rings is 2. The average molecular weight is 380 g/mol. The number of nitrogens with zero attached hydrogens (tertiary/aromatic N) is 1. The fraction of sp³-hybridized carbons (Fsp3) is 0.238. The number of H-pyrrole nitrogens is 1. The second-order valence-electron chi connectivity index (χ2n) is 6.92. The van der Waals surface area contributed by atoms with Crippen LogP contribution in [-0.4, -0.2) is 41.0 Å². The maximum atomic E-state index is 13.7. The highest BCUT2D eigenvalue weighted by molar-refractivity contribution is 5.95. The van der Waals surface area contributed by atoms with E-state index in [0.29, 0.717) is 25.9 Å². The minimum atomic E-state index is -0.532. The van der Waals surface area contributed by atoms with E-state index in [1.807, 2.05) is 30.5 Å². The molecule has 2 aromatic carbocycles. The summed E-state index contributed by atoms with van der Waals surface area (Å²) in [6.07, 6.45) is 3.11. The van der Waals surface area contributed by atoms with Gasteiger partial charge in [-0.3, -0.25) is 4.79 Å². The zero-order chi connectivity index (χ0) is 19.5. The standard InChI is InChI=1S/C21H21FN4O2/c22-18-4-2-1-3-17(18)20(27)24-15-8-11-26(12-9-15)21(28)25-16-6-5-14-7-10-23-19(14)13-16/h1-7,10,13,15,23H,8-9,11-12H2,(H,24,27)(H,25,28). The number of fused-ring (bicyclic) bond motifs is 1. The zero-order valence-corrected chi connectivity index (χ0v) is 15.2. The van der Waals surface area contributed by atoms with Gasteiger partial charge in [-0.1, -0.05) is 18.2 Å². The molecule has 6 nitrogen and oxygen atoms in total. The number of halogens is 1. The maximum absolute atomic E-state index is 13.7. The van der Waals surface area contributed by atoms with Crippen LogP contribution < -0.4 is 10.6 Å². The summed E-state index contributed by atoms with van der Waals surface area (Å²) in [6, 6.07) is 13.4. The summed E-state index contributed by atoms with van der Waals surface area (Å²) >= 11 is 0. The van der Waals surface area contributed by atoms with E-state index in [0.717, 1.165) is 16.6 Å². The molecule has 0 aliphatic carbocycles. The van der Waals surface area contributed by atoms with Gasteiger partial charge in [-0.25, -0.2) is 9.18 Å². The highest BCUT2D eigenvalue weighted by atomic mass is 19.1. The first kappa shape index (κ1) is 18.0. The summed E-state index contributed by atoms with van der Waals surface area (Å²) in [6.45, 7) is 1.05. The van der Waals surface area contributed by atoms with E-state index in [2.05, 4.69) is 15.6 Å². The number of hydrogen-bond acceptors (Lipinski definition) is 2.